The fourth-order valence-corrected chi connectivity index (χ4v) is 0.934. The van der Waals surface area contributed by atoms with Crippen molar-refractivity contribution in [1.82, 2.24) is 0 Å². The molecular weight excluding hydrogens is 206 g/mol. The van der Waals surface area contributed by atoms with Crippen molar-refractivity contribution >= 4 is 11.4 Å². The normalized spacial score (nSPS) is 8.93. The van der Waals surface area contributed by atoms with Crippen molar-refractivity contribution < 1.29 is 23.1 Å². The van der Waals surface area contributed by atoms with Gasteiger partial charge in [-0.1, -0.05) is 0 Å². The van der Waals surface area contributed by atoms with Crippen LogP contribution in [0, 0.1) is 10.1 Å². The van der Waals surface area contributed by atoms with E-state index in [1.54, 1.807) is 12.1 Å². The summed E-state index contributed by atoms with van der Waals surface area (Å²) in [5.41, 5.74) is 4.67. The van der Waals surface area contributed by atoms with Crippen LogP contribution in [0.5, 0.6) is 0 Å². The summed E-state index contributed by atoms with van der Waals surface area (Å²) in [7, 11) is 0. The highest BCUT2D eigenvalue weighted by atomic mass is 35.5. The standard InChI is InChI=1S/C8H11N3O2.ClH/c9-5-6-10-7-1-3-8(4-2-7)11(12)13;/h1-4,10H,5-6,9H2;1H. The number of benzene rings is 1. The molecule has 78 valence electrons. The number of hydrogen-bond donors (Lipinski definition) is 2. The van der Waals surface area contributed by atoms with Gasteiger partial charge in [-0.2, -0.15) is 0 Å². The lowest BCUT2D eigenvalue weighted by molar-refractivity contribution is -0.384. The lowest BCUT2D eigenvalue weighted by Gasteiger charge is -2.01. The average molecular weight is 218 g/mol. The maximum absolute atomic E-state index is 10.3. The maximum Gasteiger partial charge on any atom is 0.269 e. The number of anilines is 1. The molecule has 0 amide bonds. The topological polar surface area (TPSA) is 82.8 Å². The van der Waals surface area contributed by atoms with Crippen molar-refractivity contribution in [2.75, 3.05) is 18.4 Å². The van der Waals surface area contributed by atoms with Crippen LogP contribution in [-0.4, -0.2) is 18.0 Å². The number of nitrogens with zero attached hydrogens (tertiary/aromatic N) is 1. The van der Waals surface area contributed by atoms with Crippen molar-refractivity contribution in [3.8, 4) is 0 Å². The number of rotatable bonds is 4. The molecule has 5 nitrogen and oxygen atoms in total. The lowest BCUT2D eigenvalue weighted by Crippen LogP contribution is -3.00. The van der Waals surface area contributed by atoms with Gasteiger partial charge in [-0.15, -0.1) is 0 Å². The van der Waals surface area contributed by atoms with Gasteiger partial charge in [0, 0.05) is 17.8 Å². The zero-order valence-electron chi connectivity index (χ0n) is 7.57. The smallest absolute Gasteiger partial charge is 0.269 e. The molecule has 0 atom stereocenters. The predicted molar refractivity (Wildman–Crippen MR) is 49.3 cm³/mol. The number of halogens is 1. The molecule has 6 heteroatoms. The van der Waals surface area contributed by atoms with E-state index in [1.165, 1.54) is 12.1 Å². The summed E-state index contributed by atoms with van der Waals surface area (Å²) < 4.78 is 0. The minimum Gasteiger partial charge on any atom is -1.00 e. The van der Waals surface area contributed by atoms with Crippen molar-refractivity contribution in [2.45, 2.75) is 0 Å². The molecule has 0 radical (unpaired) electrons. The van der Waals surface area contributed by atoms with Gasteiger partial charge in [0.1, 0.15) is 0 Å². The molecule has 0 aliphatic carbocycles. The number of nitro groups is 1. The zero-order chi connectivity index (χ0) is 9.68. The van der Waals surface area contributed by atoms with Crippen LogP contribution in [0.2, 0.25) is 0 Å². The van der Waals surface area contributed by atoms with Gasteiger partial charge in [-0.05, 0) is 12.1 Å². The Labute approximate surface area is 87.9 Å². The molecule has 0 saturated carbocycles. The highest BCUT2D eigenvalue weighted by molar-refractivity contribution is 5.48. The van der Waals surface area contributed by atoms with Crippen LogP contribution in [0.15, 0.2) is 24.3 Å². The van der Waals surface area contributed by atoms with Gasteiger partial charge in [-0.25, -0.2) is 0 Å². The Balaban J connectivity index is 0.00000169. The summed E-state index contributed by atoms with van der Waals surface area (Å²) >= 11 is 0. The Kier molecular flexibility index (Phi) is 5.59. The van der Waals surface area contributed by atoms with Crippen LogP contribution in [0.1, 0.15) is 0 Å². The zero-order valence-corrected chi connectivity index (χ0v) is 8.33. The van der Waals surface area contributed by atoms with Gasteiger partial charge in [0.25, 0.3) is 5.69 Å². The molecule has 1 rings (SSSR count). The molecule has 0 spiro atoms. The molecule has 0 aromatic heterocycles. The number of quaternary nitrogens is 1. The van der Waals surface area contributed by atoms with Crippen molar-refractivity contribution in [3.63, 3.8) is 0 Å². The van der Waals surface area contributed by atoms with Gasteiger partial charge < -0.3 is 23.5 Å². The van der Waals surface area contributed by atoms with Gasteiger partial charge in [-0.3, -0.25) is 10.1 Å². The third-order valence-corrected chi connectivity index (χ3v) is 1.58. The Morgan fingerprint density at radius 2 is 1.93 bits per heavy atom. The van der Waals surface area contributed by atoms with Crippen LogP contribution >= 0.6 is 0 Å². The first-order valence-electron chi connectivity index (χ1n) is 4.01. The van der Waals surface area contributed by atoms with E-state index in [0.717, 1.165) is 18.8 Å². The van der Waals surface area contributed by atoms with Gasteiger partial charge in [0.15, 0.2) is 0 Å². The Morgan fingerprint density at radius 1 is 1.36 bits per heavy atom. The van der Waals surface area contributed by atoms with E-state index in [2.05, 4.69) is 11.1 Å². The van der Waals surface area contributed by atoms with Crippen LogP contribution in [0.3, 0.4) is 0 Å². The summed E-state index contributed by atoms with van der Waals surface area (Å²) in [5, 5.41) is 13.4. The molecule has 0 unspecified atom stereocenters. The first-order chi connectivity index (χ1) is 6.24. The molecule has 0 aliphatic heterocycles. The molecule has 0 heterocycles. The monoisotopic (exact) mass is 217 g/mol. The van der Waals surface area contributed by atoms with E-state index in [4.69, 9.17) is 0 Å². The van der Waals surface area contributed by atoms with Crippen LogP contribution in [0.4, 0.5) is 11.4 Å². The fraction of sp³-hybridized carbons (Fsp3) is 0.250. The summed E-state index contributed by atoms with van der Waals surface area (Å²) in [6, 6.07) is 6.33. The van der Waals surface area contributed by atoms with Gasteiger partial charge in [0.2, 0.25) is 0 Å². The second-order valence-corrected chi connectivity index (χ2v) is 2.58. The molecule has 0 fully saturated rings. The van der Waals surface area contributed by atoms with E-state index in [0.29, 0.717) is 0 Å². The van der Waals surface area contributed by atoms with E-state index in [-0.39, 0.29) is 18.1 Å². The molecule has 4 N–H and O–H groups in total. The van der Waals surface area contributed by atoms with E-state index in [9.17, 15) is 10.1 Å². The third kappa shape index (κ3) is 3.59. The Morgan fingerprint density at radius 3 is 2.36 bits per heavy atom. The van der Waals surface area contributed by atoms with E-state index < -0.39 is 4.92 Å². The maximum atomic E-state index is 10.3. The predicted octanol–water partition coefficient (Wildman–Crippen LogP) is -2.75. The number of nitrogens with one attached hydrogen (secondary N) is 1. The van der Waals surface area contributed by atoms with Crippen LogP contribution < -0.4 is 23.5 Å². The van der Waals surface area contributed by atoms with Crippen molar-refractivity contribution in [2.24, 2.45) is 0 Å². The van der Waals surface area contributed by atoms with Crippen LogP contribution in [0.25, 0.3) is 0 Å². The number of nitro benzene ring substituents is 1. The van der Waals surface area contributed by atoms with E-state index in [1.807, 2.05) is 0 Å². The highest BCUT2D eigenvalue weighted by Crippen LogP contribution is 2.14. The van der Waals surface area contributed by atoms with E-state index >= 15 is 0 Å². The molecule has 0 bridgehead atoms. The molecular formula is C8H12ClN3O2. The third-order valence-electron chi connectivity index (χ3n) is 1.58. The Hall–Kier alpha value is -1.33. The first kappa shape index (κ1) is 12.7. The summed E-state index contributed by atoms with van der Waals surface area (Å²) in [5.74, 6) is 0. The minimum atomic E-state index is -0.412. The number of hydrogen-bond acceptors (Lipinski definition) is 3. The minimum absolute atomic E-state index is 0. The second-order valence-electron chi connectivity index (χ2n) is 2.58. The summed E-state index contributed by atoms with van der Waals surface area (Å²) in [6.45, 7) is 1.56. The van der Waals surface area contributed by atoms with Crippen molar-refractivity contribution in [1.29, 1.82) is 0 Å². The SMILES string of the molecule is [Cl-].[NH3+]CCNc1ccc([N+](=O)[O-])cc1. The van der Waals surface area contributed by atoms with Gasteiger partial charge in [0.05, 0.1) is 18.0 Å². The molecule has 1 aromatic rings. The molecule has 0 aliphatic rings. The molecule has 0 saturated heterocycles. The summed E-state index contributed by atoms with van der Waals surface area (Å²) in [4.78, 5) is 9.89. The van der Waals surface area contributed by atoms with Crippen LogP contribution in [-0.2, 0) is 0 Å². The first-order valence-corrected chi connectivity index (χ1v) is 4.01. The average Bonchev–Trinajstić information content (AvgIpc) is 2.15. The fourth-order valence-electron chi connectivity index (χ4n) is 0.934. The van der Waals surface area contributed by atoms with Gasteiger partial charge >= 0.3 is 0 Å². The highest BCUT2D eigenvalue weighted by Gasteiger charge is 2.02. The van der Waals surface area contributed by atoms with Crippen molar-refractivity contribution in [3.05, 3.63) is 34.4 Å². The molecule has 14 heavy (non-hydrogen) atoms. The summed E-state index contributed by atoms with van der Waals surface area (Å²) in [6.07, 6.45) is 0. The molecule has 1 aromatic carbocycles. The largest absolute Gasteiger partial charge is 1.00 e. The second kappa shape index (κ2) is 6.17. The lowest BCUT2D eigenvalue weighted by atomic mass is 10.3. The number of non-ortho nitro benzene ring substituents is 1. The Bertz CT molecular complexity index is 289. The quantitative estimate of drug-likeness (QED) is 0.424.